The number of para-hydroxylation sites is 1. The van der Waals surface area contributed by atoms with E-state index in [0.29, 0.717) is 5.69 Å². The number of alkyl halides is 1. The summed E-state index contributed by atoms with van der Waals surface area (Å²) in [6, 6.07) is 5.61. The van der Waals surface area contributed by atoms with Gasteiger partial charge in [0.1, 0.15) is 5.88 Å². The lowest BCUT2D eigenvalue weighted by atomic mass is 10.1. The monoisotopic (exact) mass is 284 g/mol. The Hall–Kier alpha value is -1.75. The second kappa shape index (κ2) is 6.43. The molecule has 0 heterocycles. The molecule has 0 fully saturated rings. The lowest BCUT2D eigenvalue weighted by molar-refractivity contribution is -0.118. The van der Waals surface area contributed by atoms with E-state index >= 15 is 0 Å². The Balaban J connectivity index is 3.32. The molecule has 0 radical (unpaired) electrons. The highest BCUT2D eigenvalue weighted by Gasteiger charge is 2.26. The van der Waals surface area contributed by atoms with Gasteiger partial charge in [-0.05, 0) is 25.0 Å². The normalized spacial score (nSPS) is 9.95. The lowest BCUT2D eigenvalue weighted by Gasteiger charge is -2.32. The maximum absolute atomic E-state index is 12.0. The smallest absolute Gasteiger partial charge is 0.428 e. The second-order valence-electron chi connectivity index (χ2n) is 4.07. The summed E-state index contributed by atoms with van der Waals surface area (Å²) in [7, 11) is 2.72. The average Bonchev–Trinajstić information content (AvgIpc) is 2.40. The molecule has 0 aromatic heterocycles. The molecule has 0 N–H and O–H groups in total. The highest BCUT2D eigenvalue weighted by molar-refractivity contribution is 6.29. The lowest BCUT2D eigenvalue weighted by Crippen LogP contribution is -2.49. The molecular formula is C13H17ClN2O3. The third-order valence-corrected chi connectivity index (χ3v) is 2.97. The first-order valence-electron chi connectivity index (χ1n) is 5.70. The number of carbonyl (C=O) groups is 2. The summed E-state index contributed by atoms with van der Waals surface area (Å²) >= 11 is 5.62. The number of halogens is 1. The minimum absolute atomic E-state index is 0.227. The van der Waals surface area contributed by atoms with Crippen LogP contribution in [-0.2, 0) is 9.53 Å². The van der Waals surface area contributed by atoms with E-state index in [1.807, 2.05) is 32.0 Å². The molecule has 19 heavy (non-hydrogen) atoms. The van der Waals surface area contributed by atoms with Crippen molar-refractivity contribution in [3.63, 3.8) is 0 Å². The summed E-state index contributed by atoms with van der Waals surface area (Å²) in [4.78, 5) is 23.7. The maximum atomic E-state index is 12.0. The van der Waals surface area contributed by atoms with Crippen LogP contribution in [0.3, 0.4) is 0 Å². The number of methoxy groups -OCH3 is 1. The third kappa shape index (κ3) is 3.17. The zero-order valence-corrected chi connectivity index (χ0v) is 12.2. The van der Waals surface area contributed by atoms with Crippen LogP contribution in [0.2, 0.25) is 0 Å². The van der Waals surface area contributed by atoms with Crippen molar-refractivity contribution >= 4 is 29.3 Å². The third-order valence-electron chi connectivity index (χ3n) is 2.74. The molecule has 0 saturated heterocycles. The van der Waals surface area contributed by atoms with Gasteiger partial charge in [0.25, 0.3) is 5.91 Å². The Morgan fingerprint density at radius 2 is 1.79 bits per heavy atom. The van der Waals surface area contributed by atoms with Gasteiger partial charge in [0.15, 0.2) is 0 Å². The van der Waals surface area contributed by atoms with Gasteiger partial charge in [-0.3, -0.25) is 4.79 Å². The standard InChI is InChI=1S/C13H17ClN2O3/c1-9-6-5-7-10(2)12(9)16(11(17)8-14)15(3)13(18)19-4/h5-7H,8H2,1-4H3. The van der Waals surface area contributed by atoms with E-state index in [2.05, 4.69) is 4.74 Å². The molecule has 5 nitrogen and oxygen atoms in total. The molecule has 0 atom stereocenters. The number of ether oxygens (including phenoxy) is 1. The van der Waals surface area contributed by atoms with E-state index in [1.54, 1.807) is 0 Å². The predicted molar refractivity (Wildman–Crippen MR) is 74.3 cm³/mol. The second-order valence-corrected chi connectivity index (χ2v) is 4.34. The Morgan fingerprint density at radius 1 is 1.26 bits per heavy atom. The summed E-state index contributed by atoms with van der Waals surface area (Å²) in [5.74, 6) is -0.623. The first-order chi connectivity index (χ1) is 8.93. The summed E-state index contributed by atoms with van der Waals surface area (Å²) < 4.78 is 4.64. The number of benzene rings is 1. The first-order valence-corrected chi connectivity index (χ1v) is 6.24. The van der Waals surface area contributed by atoms with Gasteiger partial charge in [0, 0.05) is 7.05 Å². The molecule has 0 bridgehead atoms. The van der Waals surface area contributed by atoms with Gasteiger partial charge in [0.2, 0.25) is 0 Å². The maximum Gasteiger partial charge on any atom is 0.428 e. The largest absolute Gasteiger partial charge is 0.452 e. The van der Waals surface area contributed by atoms with Gasteiger partial charge < -0.3 is 4.74 Å². The Bertz CT molecular complexity index is 471. The number of anilines is 1. The van der Waals surface area contributed by atoms with Gasteiger partial charge >= 0.3 is 6.09 Å². The quantitative estimate of drug-likeness (QED) is 0.619. The van der Waals surface area contributed by atoms with E-state index in [1.165, 1.54) is 19.2 Å². The number of hydrogen-bond acceptors (Lipinski definition) is 3. The summed E-state index contributed by atoms with van der Waals surface area (Å²) in [5, 5.41) is 2.35. The zero-order valence-electron chi connectivity index (χ0n) is 11.4. The topological polar surface area (TPSA) is 49.9 Å². The van der Waals surface area contributed by atoms with Crippen molar-refractivity contribution in [2.45, 2.75) is 13.8 Å². The van der Waals surface area contributed by atoms with Gasteiger partial charge in [-0.1, -0.05) is 18.2 Å². The van der Waals surface area contributed by atoms with Crippen LogP contribution in [0.4, 0.5) is 10.5 Å². The molecule has 0 aliphatic heterocycles. The van der Waals surface area contributed by atoms with E-state index in [0.717, 1.165) is 16.1 Å². The number of aryl methyl sites for hydroxylation is 2. The molecule has 0 aliphatic carbocycles. The van der Waals surface area contributed by atoms with E-state index in [4.69, 9.17) is 11.6 Å². The molecule has 104 valence electrons. The van der Waals surface area contributed by atoms with E-state index < -0.39 is 12.0 Å². The summed E-state index contributed by atoms with van der Waals surface area (Å²) in [6.45, 7) is 3.73. The van der Waals surface area contributed by atoms with Crippen molar-refractivity contribution in [2.75, 3.05) is 25.0 Å². The molecular weight excluding hydrogens is 268 g/mol. The van der Waals surface area contributed by atoms with Crippen molar-refractivity contribution in [1.82, 2.24) is 5.01 Å². The van der Waals surface area contributed by atoms with Gasteiger partial charge in [-0.15, -0.1) is 11.6 Å². The SMILES string of the molecule is COC(=O)N(C)N(C(=O)CCl)c1c(C)cccc1C. The summed E-state index contributed by atoms with van der Waals surface area (Å²) in [6.07, 6.45) is -0.638. The van der Waals surface area contributed by atoms with Crippen molar-refractivity contribution in [2.24, 2.45) is 0 Å². The van der Waals surface area contributed by atoms with Crippen LogP contribution in [0.5, 0.6) is 0 Å². The number of rotatable bonds is 2. The predicted octanol–water partition coefficient (Wildman–Crippen LogP) is 2.49. The van der Waals surface area contributed by atoms with Gasteiger partial charge in [-0.2, -0.15) is 0 Å². The molecule has 1 aromatic rings. The van der Waals surface area contributed by atoms with Crippen LogP contribution in [-0.4, -0.2) is 37.0 Å². The van der Waals surface area contributed by atoms with Gasteiger partial charge in [0.05, 0.1) is 12.8 Å². The molecule has 1 rings (SSSR count). The van der Waals surface area contributed by atoms with Gasteiger partial charge in [-0.25, -0.2) is 14.8 Å². The molecule has 1 aromatic carbocycles. The highest BCUT2D eigenvalue weighted by Crippen LogP contribution is 2.26. The Morgan fingerprint density at radius 3 is 2.21 bits per heavy atom. The minimum Gasteiger partial charge on any atom is -0.452 e. The van der Waals surface area contributed by atoms with Crippen LogP contribution in [0.1, 0.15) is 11.1 Å². The van der Waals surface area contributed by atoms with Crippen molar-refractivity contribution in [3.8, 4) is 0 Å². The Labute approximate surface area is 117 Å². The van der Waals surface area contributed by atoms with Crippen LogP contribution in [0.15, 0.2) is 18.2 Å². The highest BCUT2D eigenvalue weighted by atomic mass is 35.5. The number of hydrogen-bond donors (Lipinski definition) is 0. The van der Waals surface area contributed by atoms with Crippen LogP contribution in [0.25, 0.3) is 0 Å². The minimum atomic E-state index is -0.638. The molecule has 0 saturated carbocycles. The van der Waals surface area contributed by atoms with E-state index in [-0.39, 0.29) is 5.88 Å². The fourth-order valence-electron chi connectivity index (χ4n) is 1.85. The number of nitrogens with zero attached hydrogens (tertiary/aromatic N) is 2. The molecule has 0 spiro atoms. The molecule has 0 aliphatic rings. The number of hydrazine groups is 1. The fourth-order valence-corrected chi connectivity index (χ4v) is 1.97. The molecule has 2 amide bonds. The first kappa shape index (κ1) is 15.3. The summed E-state index contributed by atoms with van der Waals surface area (Å²) in [5.41, 5.74) is 2.38. The Kier molecular flexibility index (Phi) is 5.18. The molecule has 0 unspecified atom stereocenters. The molecule has 6 heteroatoms. The van der Waals surface area contributed by atoms with Crippen molar-refractivity contribution < 1.29 is 14.3 Å². The van der Waals surface area contributed by atoms with Crippen molar-refractivity contribution in [1.29, 1.82) is 0 Å². The number of amides is 2. The van der Waals surface area contributed by atoms with Crippen molar-refractivity contribution in [3.05, 3.63) is 29.3 Å². The van der Waals surface area contributed by atoms with E-state index in [9.17, 15) is 9.59 Å². The van der Waals surface area contributed by atoms with Crippen LogP contribution in [0, 0.1) is 13.8 Å². The fraction of sp³-hybridized carbons (Fsp3) is 0.385. The average molecular weight is 285 g/mol. The van der Waals surface area contributed by atoms with Crippen LogP contribution < -0.4 is 5.01 Å². The zero-order chi connectivity index (χ0) is 14.6. The number of carbonyl (C=O) groups excluding carboxylic acids is 2. The van der Waals surface area contributed by atoms with Crippen LogP contribution >= 0.6 is 11.6 Å².